The molecule has 4 rings (SSSR count). The first-order valence-electron chi connectivity index (χ1n) is 13.5. The Hall–Kier alpha value is -3.91. The lowest BCUT2D eigenvalue weighted by Crippen LogP contribution is -2.39. The van der Waals surface area contributed by atoms with E-state index in [1.807, 2.05) is 25.1 Å². The highest BCUT2D eigenvalue weighted by Gasteiger charge is 2.29. The summed E-state index contributed by atoms with van der Waals surface area (Å²) in [6, 6.07) is 10.0. The van der Waals surface area contributed by atoms with Crippen LogP contribution in [0.1, 0.15) is 53.1 Å². The first-order valence-corrected chi connectivity index (χ1v) is 13.5. The summed E-state index contributed by atoms with van der Waals surface area (Å²) in [7, 11) is 1.52. The molecule has 1 aliphatic rings. The monoisotopic (exact) mass is 529 g/mol. The fraction of sp³-hybridized carbons (Fsp3) is 0.387. The summed E-state index contributed by atoms with van der Waals surface area (Å²) >= 11 is 0. The molecule has 39 heavy (non-hydrogen) atoms. The number of methoxy groups -OCH3 is 1. The second-order valence-electron chi connectivity index (χ2n) is 10.2. The number of aromatic amines is 1. The van der Waals surface area contributed by atoms with Gasteiger partial charge in [0.15, 0.2) is 0 Å². The van der Waals surface area contributed by atoms with Crippen LogP contribution in [0, 0.1) is 19.8 Å². The van der Waals surface area contributed by atoms with E-state index in [1.54, 1.807) is 25.3 Å². The van der Waals surface area contributed by atoms with Crippen molar-refractivity contribution >= 4 is 22.5 Å². The van der Waals surface area contributed by atoms with Crippen LogP contribution < -0.4 is 15.6 Å². The molecule has 2 N–H and O–H groups in total. The van der Waals surface area contributed by atoms with Crippen molar-refractivity contribution in [3.05, 3.63) is 88.6 Å². The third kappa shape index (κ3) is 5.91. The normalized spacial score (nSPS) is 15.7. The van der Waals surface area contributed by atoms with Gasteiger partial charge in [-0.2, -0.15) is 0 Å². The minimum atomic E-state index is -0.262. The van der Waals surface area contributed by atoms with Crippen LogP contribution in [0.15, 0.2) is 65.6 Å². The maximum absolute atomic E-state index is 13.6. The Balaban J connectivity index is 1.55. The van der Waals surface area contributed by atoms with E-state index in [0.29, 0.717) is 28.5 Å². The number of rotatable bonds is 10. The fourth-order valence-corrected chi connectivity index (χ4v) is 5.80. The number of nitrogens with one attached hydrogen (secondary N) is 2. The van der Waals surface area contributed by atoms with Crippen LogP contribution in [0.25, 0.3) is 10.9 Å². The van der Waals surface area contributed by atoms with Gasteiger partial charge in [0.1, 0.15) is 5.75 Å². The Morgan fingerprint density at radius 3 is 2.64 bits per heavy atom. The molecule has 1 saturated heterocycles. The Kier molecular flexibility index (Phi) is 8.86. The van der Waals surface area contributed by atoms with Crippen LogP contribution in [-0.4, -0.2) is 52.8 Å². The molecular weight excluding hydrogens is 490 g/mol. The molecule has 206 valence electrons. The molecule has 3 heterocycles. The number of aliphatic imine (C=N–C) groups is 1. The van der Waals surface area contributed by atoms with E-state index < -0.39 is 0 Å². The number of aromatic nitrogens is 2. The molecule has 0 radical (unpaired) electrons. The van der Waals surface area contributed by atoms with Crippen molar-refractivity contribution in [1.82, 2.24) is 19.8 Å². The number of benzene rings is 1. The molecule has 0 spiro atoms. The van der Waals surface area contributed by atoms with Gasteiger partial charge in [0, 0.05) is 41.1 Å². The van der Waals surface area contributed by atoms with Gasteiger partial charge in [0.25, 0.3) is 11.5 Å². The topological polar surface area (TPSA) is 91.7 Å². The van der Waals surface area contributed by atoms with E-state index in [0.717, 1.165) is 54.8 Å². The Morgan fingerprint density at radius 1 is 1.26 bits per heavy atom. The van der Waals surface area contributed by atoms with Crippen molar-refractivity contribution in [2.75, 3.05) is 26.7 Å². The lowest BCUT2D eigenvalue weighted by molar-refractivity contribution is 0.0951. The smallest absolute Gasteiger partial charge is 0.256 e. The zero-order chi connectivity index (χ0) is 28.1. The number of pyridine rings is 1. The van der Waals surface area contributed by atoms with Crippen LogP contribution in [0.2, 0.25) is 0 Å². The lowest BCUT2D eigenvalue weighted by atomic mass is 9.89. The third-order valence-electron chi connectivity index (χ3n) is 7.86. The average Bonchev–Trinajstić information content (AvgIpc) is 3.23. The number of para-hydroxylation sites is 1. The molecule has 8 heteroatoms. The SMILES string of the molecule is C=CN=C(C=C)CN1CCC([C@@H](C)n2c(C)c(C(=O)NCc3c(OC)cc(C)[nH]c3=O)c3ccccc32)CC1. The van der Waals surface area contributed by atoms with Gasteiger partial charge < -0.3 is 19.6 Å². The van der Waals surface area contributed by atoms with Gasteiger partial charge in [-0.05, 0) is 70.8 Å². The van der Waals surface area contributed by atoms with E-state index in [1.165, 1.54) is 7.11 Å². The highest BCUT2D eigenvalue weighted by atomic mass is 16.5. The average molecular weight is 530 g/mol. The lowest BCUT2D eigenvalue weighted by Gasteiger charge is -2.36. The molecule has 0 saturated carbocycles. The first-order chi connectivity index (χ1) is 18.8. The maximum Gasteiger partial charge on any atom is 0.256 e. The summed E-state index contributed by atoms with van der Waals surface area (Å²) in [5, 5.41) is 3.88. The summed E-state index contributed by atoms with van der Waals surface area (Å²) in [6.45, 7) is 16.4. The molecule has 1 amide bonds. The minimum Gasteiger partial charge on any atom is -0.496 e. The minimum absolute atomic E-state index is 0.0758. The molecular formula is C31H39N5O3. The summed E-state index contributed by atoms with van der Waals surface area (Å²) in [6.07, 6.45) is 5.48. The zero-order valence-corrected chi connectivity index (χ0v) is 23.4. The highest BCUT2D eigenvalue weighted by Crippen LogP contribution is 2.35. The van der Waals surface area contributed by atoms with Crippen molar-refractivity contribution in [2.24, 2.45) is 10.9 Å². The molecule has 0 bridgehead atoms. The summed E-state index contributed by atoms with van der Waals surface area (Å²) in [4.78, 5) is 35.6. The predicted molar refractivity (Wildman–Crippen MR) is 158 cm³/mol. The van der Waals surface area contributed by atoms with Crippen LogP contribution in [0.5, 0.6) is 5.75 Å². The van der Waals surface area contributed by atoms with Gasteiger partial charge >= 0.3 is 0 Å². The number of fused-ring (bicyclic) bond motifs is 1. The number of H-pyrrole nitrogens is 1. The number of hydrogen-bond acceptors (Lipinski definition) is 5. The van der Waals surface area contributed by atoms with Crippen LogP contribution in [0.4, 0.5) is 0 Å². The maximum atomic E-state index is 13.6. The molecule has 1 atom stereocenters. The molecule has 0 unspecified atom stereocenters. The van der Waals surface area contributed by atoms with Crippen LogP contribution >= 0.6 is 0 Å². The van der Waals surface area contributed by atoms with E-state index in [-0.39, 0.29) is 24.1 Å². The number of carbonyl (C=O) groups is 1. The highest BCUT2D eigenvalue weighted by molar-refractivity contribution is 6.08. The first kappa shape index (κ1) is 28.1. The Bertz CT molecular complexity index is 1460. The second-order valence-corrected chi connectivity index (χ2v) is 10.2. The molecule has 2 aromatic heterocycles. The number of nitrogens with zero attached hydrogens (tertiary/aromatic N) is 3. The van der Waals surface area contributed by atoms with Crippen molar-refractivity contribution in [3.63, 3.8) is 0 Å². The summed E-state index contributed by atoms with van der Waals surface area (Å²) in [5.74, 6) is 0.738. The molecule has 1 aliphatic heterocycles. The number of aryl methyl sites for hydroxylation is 1. The van der Waals surface area contributed by atoms with E-state index >= 15 is 0 Å². The van der Waals surface area contributed by atoms with Gasteiger partial charge in [-0.25, -0.2) is 0 Å². The standard InChI is InChI=1S/C31H39N5O3/c1-7-24(32-8-2)19-35-15-13-23(14-16-35)21(4)36-22(5)29(25-11-9-10-12-27(25)36)31(38)33-18-26-28(39-6)17-20(3)34-30(26)37/h7-12,17,21,23H,1-2,13-16,18-19H2,3-6H3,(H,33,38)(H,34,37)/t21-/m1/s1. The Labute approximate surface area is 230 Å². The molecule has 1 fully saturated rings. The zero-order valence-electron chi connectivity index (χ0n) is 23.4. The molecule has 3 aromatic rings. The van der Waals surface area contributed by atoms with Gasteiger partial charge in [0.2, 0.25) is 0 Å². The van der Waals surface area contributed by atoms with Gasteiger partial charge in [-0.15, -0.1) is 0 Å². The van der Waals surface area contributed by atoms with Gasteiger partial charge in [-0.1, -0.05) is 31.4 Å². The van der Waals surface area contributed by atoms with E-state index in [4.69, 9.17) is 4.74 Å². The number of hydrogen-bond donors (Lipinski definition) is 2. The van der Waals surface area contributed by atoms with Gasteiger partial charge in [-0.3, -0.25) is 19.5 Å². The number of piperidine rings is 1. The van der Waals surface area contributed by atoms with Gasteiger partial charge in [0.05, 0.1) is 30.5 Å². The number of carbonyl (C=O) groups excluding carboxylic acids is 1. The van der Waals surface area contributed by atoms with E-state index in [9.17, 15) is 9.59 Å². The van der Waals surface area contributed by atoms with Crippen LogP contribution in [-0.2, 0) is 6.54 Å². The summed E-state index contributed by atoms with van der Waals surface area (Å²) < 4.78 is 7.71. The third-order valence-corrected chi connectivity index (χ3v) is 7.86. The van der Waals surface area contributed by atoms with Crippen molar-refractivity contribution in [3.8, 4) is 5.75 Å². The van der Waals surface area contributed by atoms with Crippen molar-refractivity contribution in [2.45, 2.75) is 46.2 Å². The molecule has 0 aliphatic carbocycles. The largest absolute Gasteiger partial charge is 0.496 e. The summed E-state index contributed by atoms with van der Waals surface area (Å²) in [5.41, 5.74) is 4.40. The van der Waals surface area contributed by atoms with E-state index in [2.05, 4.69) is 50.9 Å². The van der Waals surface area contributed by atoms with Crippen molar-refractivity contribution < 1.29 is 9.53 Å². The number of ether oxygens (including phenoxy) is 1. The predicted octanol–water partition coefficient (Wildman–Crippen LogP) is 4.93. The molecule has 8 nitrogen and oxygen atoms in total. The fourth-order valence-electron chi connectivity index (χ4n) is 5.80. The Morgan fingerprint density at radius 2 is 1.97 bits per heavy atom. The van der Waals surface area contributed by atoms with Crippen LogP contribution in [0.3, 0.4) is 0 Å². The van der Waals surface area contributed by atoms with Crippen molar-refractivity contribution in [1.29, 1.82) is 0 Å². The number of amides is 1. The second kappa shape index (κ2) is 12.3. The number of likely N-dealkylation sites (tertiary alicyclic amines) is 1. The quantitative estimate of drug-likeness (QED) is 0.365. The molecule has 1 aromatic carbocycles.